The van der Waals surface area contributed by atoms with Gasteiger partial charge in [0.25, 0.3) is 0 Å². The van der Waals surface area contributed by atoms with Gasteiger partial charge in [-0.2, -0.15) is 0 Å². The van der Waals surface area contributed by atoms with Gasteiger partial charge in [-0.1, -0.05) is 18.7 Å². The van der Waals surface area contributed by atoms with Gasteiger partial charge in [0.05, 0.1) is 5.75 Å². The van der Waals surface area contributed by atoms with E-state index in [9.17, 15) is 4.79 Å². The topological polar surface area (TPSA) is 46.1 Å². The lowest BCUT2D eigenvalue weighted by atomic mass is 10.0. The van der Waals surface area contributed by atoms with Crippen molar-refractivity contribution in [2.75, 3.05) is 12.3 Å². The van der Waals surface area contributed by atoms with E-state index >= 15 is 0 Å². The Balaban J connectivity index is 1.70. The van der Waals surface area contributed by atoms with E-state index in [2.05, 4.69) is 29.9 Å². The molecule has 118 valence electrons. The molecule has 0 saturated carbocycles. The van der Waals surface area contributed by atoms with Crippen molar-refractivity contribution in [3.05, 3.63) is 17.3 Å². The van der Waals surface area contributed by atoms with E-state index in [0.29, 0.717) is 11.8 Å². The van der Waals surface area contributed by atoms with Gasteiger partial charge in [-0.25, -0.2) is 9.97 Å². The van der Waals surface area contributed by atoms with E-state index in [-0.39, 0.29) is 5.91 Å². The first kappa shape index (κ1) is 15.7. The second-order valence-electron chi connectivity index (χ2n) is 5.68. The summed E-state index contributed by atoms with van der Waals surface area (Å²) in [5, 5.41) is 2.02. The van der Waals surface area contributed by atoms with Gasteiger partial charge in [0.1, 0.15) is 16.2 Å². The number of amides is 1. The third-order valence-corrected chi connectivity index (χ3v) is 6.33. The number of thiophene rings is 1. The van der Waals surface area contributed by atoms with Crippen molar-refractivity contribution in [3.63, 3.8) is 0 Å². The number of carbonyl (C=O) groups is 1. The molecule has 3 rings (SSSR count). The molecule has 3 heterocycles. The average Bonchev–Trinajstić information content (AvgIpc) is 2.96. The quantitative estimate of drug-likeness (QED) is 0.631. The molecule has 2 aromatic rings. The lowest BCUT2D eigenvalue weighted by Gasteiger charge is -2.33. The SMILES string of the molecule is CCc1cc2c(SCC(=O)N3CCCCC3C)ncnc2s1. The van der Waals surface area contributed by atoms with Gasteiger partial charge in [0, 0.05) is 22.8 Å². The third-order valence-electron chi connectivity index (χ3n) is 4.15. The summed E-state index contributed by atoms with van der Waals surface area (Å²) in [5.41, 5.74) is 0. The fourth-order valence-electron chi connectivity index (χ4n) is 2.85. The summed E-state index contributed by atoms with van der Waals surface area (Å²) in [6.07, 6.45) is 6.10. The van der Waals surface area contributed by atoms with E-state index in [1.54, 1.807) is 29.4 Å². The molecule has 1 aliphatic heterocycles. The van der Waals surface area contributed by atoms with Crippen LogP contribution in [0.5, 0.6) is 0 Å². The number of nitrogens with zero attached hydrogens (tertiary/aromatic N) is 3. The first-order chi connectivity index (χ1) is 10.7. The van der Waals surface area contributed by atoms with Gasteiger partial charge < -0.3 is 4.90 Å². The van der Waals surface area contributed by atoms with E-state index in [1.807, 2.05) is 4.90 Å². The average molecular weight is 335 g/mol. The predicted molar refractivity (Wildman–Crippen MR) is 92.5 cm³/mol. The van der Waals surface area contributed by atoms with Crippen LogP contribution in [0.3, 0.4) is 0 Å². The highest BCUT2D eigenvalue weighted by molar-refractivity contribution is 8.00. The molecular formula is C16H21N3OS2. The van der Waals surface area contributed by atoms with E-state index < -0.39 is 0 Å². The predicted octanol–water partition coefficient (Wildman–Crippen LogP) is 3.75. The molecule has 1 aliphatic rings. The molecule has 0 bridgehead atoms. The molecule has 1 atom stereocenters. The number of carbonyl (C=O) groups excluding carboxylic acids is 1. The Hall–Kier alpha value is -1.14. The number of thioether (sulfide) groups is 1. The molecular weight excluding hydrogens is 314 g/mol. The van der Waals surface area contributed by atoms with Crippen LogP contribution in [0.15, 0.2) is 17.4 Å². The van der Waals surface area contributed by atoms with E-state index in [4.69, 9.17) is 0 Å². The fourth-order valence-corrected chi connectivity index (χ4v) is 4.71. The Morgan fingerprint density at radius 2 is 2.32 bits per heavy atom. The summed E-state index contributed by atoms with van der Waals surface area (Å²) < 4.78 is 0. The Morgan fingerprint density at radius 3 is 3.09 bits per heavy atom. The second-order valence-corrected chi connectivity index (χ2v) is 7.76. The number of piperidine rings is 1. The monoisotopic (exact) mass is 335 g/mol. The molecule has 4 nitrogen and oxygen atoms in total. The molecule has 0 aromatic carbocycles. The summed E-state index contributed by atoms with van der Waals surface area (Å²) in [6.45, 7) is 5.20. The Morgan fingerprint density at radius 1 is 1.45 bits per heavy atom. The van der Waals surface area contributed by atoms with Crippen LogP contribution in [0.4, 0.5) is 0 Å². The van der Waals surface area contributed by atoms with Crippen molar-refractivity contribution in [2.45, 2.75) is 50.6 Å². The van der Waals surface area contributed by atoms with Crippen molar-refractivity contribution in [2.24, 2.45) is 0 Å². The number of fused-ring (bicyclic) bond motifs is 1. The first-order valence-electron chi connectivity index (χ1n) is 7.84. The molecule has 1 saturated heterocycles. The van der Waals surface area contributed by atoms with Crippen LogP contribution in [0.2, 0.25) is 0 Å². The normalized spacial score (nSPS) is 18.8. The molecule has 6 heteroatoms. The zero-order valence-electron chi connectivity index (χ0n) is 13.0. The molecule has 1 unspecified atom stereocenters. The third kappa shape index (κ3) is 3.27. The number of aromatic nitrogens is 2. The van der Waals surface area contributed by atoms with Crippen molar-refractivity contribution in [1.29, 1.82) is 0 Å². The van der Waals surface area contributed by atoms with Crippen molar-refractivity contribution < 1.29 is 4.79 Å². The maximum Gasteiger partial charge on any atom is 0.233 e. The van der Waals surface area contributed by atoms with Crippen LogP contribution >= 0.6 is 23.1 Å². The van der Waals surface area contributed by atoms with Crippen molar-refractivity contribution >= 4 is 39.2 Å². The fraction of sp³-hybridized carbons (Fsp3) is 0.562. The van der Waals surface area contributed by atoms with Crippen LogP contribution in [-0.2, 0) is 11.2 Å². The number of hydrogen-bond acceptors (Lipinski definition) is 5. The van der Waals surface area contributed by atoms with Crippen molar-refractivity contribution in [3.8, 4) is 0 Å². The summed E-state index contributed by atoms with van der Waals surface area (Å²) >= 11 is 3.26. The number of rotatable bonds is 4. The maximum absolute atomic E-state index is 12.4. The molecule has 0 aliphatic carbocycles. The highest BCUT2D eigenvalue weighted by atomic mass is 32.2. The van der Waals surface area contributed by atoms with Crippen LogP contribution < -0.4 is 0 Å². The summed E-state index contributed by atoms with van der Waals surface area (Å²) in [4.78, 5) is 25.5. The smallest absolute Gasteiger partial charge is 0.233 e. The lowest BCUT2D eigenvalue weighted by Crippen LogP contribution is -2.42. The van der Waals surface area contributed by atoms with Gasteiger partial charge in [-0.3, -0.25) is 4.79 Å². The van der Waals surface area contributed by atoms with Gasteiger partial charge in [-0.15, -0.1) is 11.3 Å². The van der Waals surface area contributed by atoms with Gasteiger partial charge in [0.15, 0.2) is 0 Å². The molecule has 22 heavy (non-hydrogen) atoms. The zero-order chi connectivity index (χ0) is 15.5. The number of hydrogen-bond donors (Lipinski definition) is 0. The highest BCUT2D eigenvalue weighted by Gasteiger charge is 2.23. The molecule has 0 N–H and O–H groups in total. The lowest BCUT2D eigenvalue weighted by molar-refractivity contribution is -0.131. The Kier molecular flexibility index (Phi) is 4.98. The standard InChI is InChI=1S/C16H21N3OS2/c1-3-12-8-13-15(17-10-18-16(13)22-12)21-9-14(20)19-7-5-4-6-11(19)2/h8,10-11H,3-7,9H2,1-2H3. The molecule has 1 amide bonds. The van der Waals surface area contributed by atoms with Crippen molar-refractivity contribution in [1.82, 2.24) is 14.9 Å². The zero-order valence-corrected chi connectivity index (χ0v) is 14.7. The minimum Gasteiger partial charge on any atom is -0.339 e. The summed E-state index contributed by atoms with van der Waals surface area (Å²) in [5.74, 6) is 0.697. The van der Waals surface area contributed by atoms with Gasteiger partial charge in [0.2, 0.25) is 5.91 Å². The van der Waals surface area contributed by atoms with E-state index in [1.165, 1.54) is 11.3 Å². The maximum atomic E-state index is 12.4. The van der Waals surface area contributed by atoms with Crippen LogP contribution in [0, 0.1) is 0 Å². The minimum atomic E-state index is 0.231. The Labute approximate surface area is 139 Å². The van der Waals surface area contributed by atoms with Crippen LogP contribution in [-0.4, -0.2) is 39.1 Å². The Bertz CT molecular complexity index is 670. The summed E-state index contributed by atoms with van der Waals surface area (Å²) in [6, 6.07) is 2.54. The summed E-state index contributed by atoms with van der Waals surface area (Å²) in [7, 11) is 0. The minimum absolute atomic E-state index is 0.231. The second kappa shape index (κ2) is 6.96. The number of likely N-dealkylation sites (tertiary alicyclic amines) is 1. The molecule has 0 radical (unpaired) electrons. The van der Waals surface area contributed by atoms with E-state index in [0.717, 1.165) is 41.0 Å². The number of aryl methyl sites for hydroxylation is 1. The molecule has 2 aromatic heterocycles. The van der Waals surface area contributed by atoms with Crippen LogP contribution in [0.25, 0.3) is 10.2 Å². The highest BCUT2D eigenvalue weighted by Crippen LogP contribution is 2.31. The largest absolute Gasteiger partial charge is 0.339 e. The molecule has 0 spiro atoms. The first-order valence-corrected chi connectivity index (χ1v) is 9.65. The van der Waals surface area contributed by atoms with Gasteiger partial charge >= 0.3 is 0 Å². The van der Waals surface area contributed by atoms with Crippen LogP contribution in [0.1, 0.15) is 38.0 Å². The van der Waals surface area contributed by atoms with Gasteiger partial charge in [-0.05, 0) is 38.7 Å². The molecule has 1 fully saturated rings.